The first-order valence-electron chi connectivity index (χ1n) is 7.24. The molecule has 1 aliphatic rings. The van der Waals surface area contributed by atoms with Crippen molar-refractivity contribution in [3.05, 3.63) is 28.3 Å². The molecular formula is C14H19N5O2S. The number of carbonyl (C=O) groups is 1. The van der Waals surface area contributed by atoms with Crippen molar-refractivity contribution >= 4 is 23.1 Å². The van der Waals surface area contributed by atoms with Crippen LogP contribution in [0.25, 0.3) is 0 Å². The summed E-state index contributed by atoms with van der Waals surface area (Å²) in [6.07, 6.45) is 0. The fourth-order valence-corrected chi connectivity index (χ4v) is 3.00. The molecule has 1 amide bonds. The Hall–Kier alpha value is -1.77. The van der Waals surface area contributed by atoms with Gasteiger partial charge in [-0.3, -0.25) is 19.9 Å². The topological polar surface area (TPSA) is 74.5 Å². The van der Waals surface area contributed by atoms with Crippen LogP contribution in [0, 0.1) is 6.92 Å². The van der Waals surface area contributed by atoms with E-state index in [-0.39, 0.29) is 5.91 Å². The minimum Gasteiger partial charge on any atom is -0.338 e. The van der Waals surface area contributed by atoms with Crippen molar-refractivity contribution in [2.45, 2.75) is 13.5 Å². The predicted octanol–water partition coefficient (Wildman–Crippen LogP) is 1.20. The van der Waals surface area contributed by atoms with Crippen molar-refractivity contribution in [2.75, 3.05) is 38.0 Å². The fourth-order valence-electron chi connectivity index (χ4n) is 2.45. The van der Waals surface area contributed by atoms with E-state index in [1.165, 1.54) is 0 Å². The van der Waals surface area contributed by atoms with Crippen molar-refractivity contribution in [1.82, 2.24) is 19.9 Å². The molecule has 0 radical (unpaired) electrons. The Morgan fingerprint density at radius 2 is 2.14 bits per heavy atom. The first kappa shape index (κ1) is 15.1. The molecule has 1 N–H and O–H groups in total. The second-order valence-electron chi connectivity index (χ2n) is 5.41. The lowest BCUT2D eigenvalue weighted by Gasteiger charge is -2.33. The van der Waals surface area contributed by atoms with Gasteiger partial charge < -0.3 is 4.52 Å². The molecule has 0 aliphatic carbocycles. The van der Waals surface area contributed by atoms with Crippen LogP contribution in [-0.4, -0.2) is 58.6 Å². The van der Waals surface area contributed by atoms with Gasteiger partial charge in [0.25, 0.3) is 0 Å². The maximum absolute atomic E-state index is 12.0. The highest BCUT2D eigenvalue weighted by molar-refractivity contribution is 7.07. The lowest BCUT2D eigenvalue weighted by Crippen LogP contribution is -2.48. The SMILES string of the molecule is Cc1cc(NC(=O)CN2CCN(Cc3cscn3)CC2)on1. The van der Waals surface area contributed by atoms with E-state index in [0.29, 0.717) is 12.4 Å². The van der Waals surface area contributed by atoms with Crippen LogP contribution < -0.4 is 5.32 Å². The minimum atomic E-state index is -0.0656. The van der Waals surface area contributed by atoms with Crippen molar-refractivity contribution in [1.29, 1.82) is 0 Å². The number of hydrogen-bond donors (Lipinski definition) is 1. The fraction of sp³-hybridized carbons (Fsp3) is 0.500. The average molecular weight is 321 g/mol. The lowest BCUT2D eigenvalue weighted by atomic mass is 10.3. The summed E-state index contributed by atoms with van der Waals surface area (Å²) in [6.45, 7) is 6.75. The van der Waals surface area contributed by atoms with Gasteiger partial charge in [-0.1, -0.05) is 5.16 Å². The van der Waals surface area contributed by atoms with E-state index in [1.807, 2.05) is 12.4 Å². The van der Waals surface area contributed by atoms with Crippen LogP contribution in [0.4, 0.5) is 5.88 Å². The average Bonchev–Trinajstić information content (AvgIpc) is 3.13. The summed E-state index contributed by atoms with van der Waals surface area (Å²) in [6, 6.07) is 1.71. The highest BCUT2D eigenvalue weighted by atomic mass is 32.1. The van der Waals surface area contributed by atoms with Gasteiger partial charge in [-0.05, 0) is 6.92 Å². The lowest BCUT2D eigenvalue weighted by molar-refractivity contribution is -0.117. The molecule has 0 atom stereocenters. The second-order valence-corrected chi connectivity index (χ2v) is 6.13. The molecule has 0 bridgehead atoms. The van der Waals surface area contributed by atoms with E-state index in [9.17, 15) is 4.79 Å². The Morgan fingerprint density at radius 1 is 1.36 bits per heavy atom. The molecular weight excluding hydrogens is 302 g/mol. The second kappa shape index (κ2) is 6.99. The normalized spacial score (nSPS) is 16.8. The summed E-state index contributed by atoms with van der Waals surface area (Å²) >= 11 is 1.62. The molecule has 118 valence electrons. The van der Waals surface area contributed by atoms with Crippen LogP contribution in [0.15, 0.2) is 21.5 Å². The summed E-state index contributed by atoms with van der Waals surface area (Å²) in [5.41, 5.74) is 3.74. The van der Waals surface area contributed by atoms with Gasteiger partial charge in [0.05, 0.1) is 23.4 Å². The van der Waals surface area contributed by atoms with E-state index in [1.54, 1.807) is 17.4 Å². The molecule has 0 unspecified atom stereocenters. The number of piperazine rings is 1. The summed E-state index contributed by atoms with van der Waals surface area (Å²) in [5.74, 6) is 0.341. The summed E-state index contributed by atoms with van der Waals surface area (Å²) in [7, 11) is 0. The van der Waals surface area contributed by atoms with E-state index >= 15 is 0 Å². The molecule has 2 aromatic heterocycles. The first-order valence-corrected chi connectivity index (χ1v) is 8.18. The number of carbonyl (C=O) groups excluding carboxylic acids is 1. The Kier molecular flexibility index (Phi) is 4.81. The van der Waals surface area contributed by atoms with Gasteiger partial charge in [-0.25, -0.2) is 4.98 Å². The van der Waals surface area contributed by atoms with Crippen LogP contribution >= 0.6 is 11.3 Å². The van der Waals surface area contributed by atoms with Crippen LogP contribution in [0.2, 0.25) is 0 Å². The van der Waals surface area contributed by atoms with Crippen LogP contribution in [-0.2, 0) is 11.3 Å². The zero-order valence-electron chi connectivity index (χ0n) is 12.5. The number of thiazole rings is 1. The van der Waals surface area contributed by atoms with Gasteiger partial charge in [-0.15, -0.1) is 11.3 Å². The van der Waals surface area contributed by atoms with Crippen LogP contribution in [0.3, 0.4) is 0 Å². The van der Waals surface area contributed by atoms with Gasteiger partial charge in [-0.2, -0.15) is 0 Å². The smallest absolute Gasteiger partial charge is 0.240 e. The van der Waals surface area contributed by atoms with Gasteiger partial charge in [0.1, 0.15) is 0 Å². The van der Waals surface area contributed by atoms with Gasteiger partial charge in [0, 0.05) is 44.2 Å². The quantitative estimate of drug-likeness (QED) is 0.892. The number of nitrogens with zero attached hydrogens (tertiary/aromatic N) is 4. The molecule has 7 nitrogen and oxygen atoms in total. The first-order chi connectivity index (χ1) is 10.7. The van der Waals surface area contributed by atoms with Gasteiger partial charge >= 0.3 is 0 Å². The highest BCUT2D eigenvalue weighted by Crippen LogP contribution is 2.10. The summed E-state index contributed by atoms with van der Waals surface area (Å²) in [5, 5.41) is 8.55. The van der Waals surface area contributed by atoms with E-state index in [4.69, 9.17) is 4.52 Å². The molecule has 0 saturated carbocycles. The highest BCUT2D eigenvalue weighted by Gasteiger charge is 2.19. The summed E-state index contributed by atoms with van der Waals surface area (Å²) in [4.78, 5) is 20.8. The van der Waals surface area contributed by atoms with Crippen molar-refractivity contribution < 1.29 is 9.32 Å². The maximum Gasteiger partial charge on any atom is 0.240 e. The van der Waals surface area contributed by atoms with Gasteiger partial charge in [0.2, 0.25) is 11.8 Å². The molecule has 8 heteroatoms. The molecule has 3 rings (SSSR count). The summed E-state index contributed by atoms with van der Waals surface area (Å²) < 4.78 is 4.99. The van der Waals surface area contributed by atoms with Crippen LogP contribution in [0.1, 0.15) is 11.4 Å². The zero-order chi connectivity index (χ0) is 15.4. The molecule has 0 spiro atoms. The Balaban J connectivity index is 1.40. The molecule has 1 aliphatic heterocycles. The molecule has 3 heterocycles. The third kappa shape index (κ3) is 4.12. The van der Waals surface area contributed by atoms with E-state index in [2.05, 4.69) is 30.6 Å². The number of rotatable bonds is 5. The number of hydrogen-bond acceptors (Lipinski definition) is 7. The van der Waals surface area contributed by atoms with Crippen molar-refractivity contribution in [3.8, 4) is 0 Å². The number of amides is 1. The minimum absolute atomic E-state index is 0.0656. The van der Waals surface area contributed by atoms with Gasteiger partial charge in [0.15, 0.2) is 0 Å². The number of anilines is 1. The number of aromatic nitrogens is 2. The Bertz CT molecular complexity index is 605. The number of aryl methyl sites for hydroxylation is 1. The predicted molar refractivity (Wildman–Crippen MR) is 83.7 cm³/mol. The van der Waals surface area contributed by atoms with E-state index in [0.717, 1.165) is 44.1 Å². The largest absolute Gasteiger partial charge is 0.338 e. The molecule has 22 heavy (non-hydrogen) atoms. The molecule has 2 aromatic rings. The molecule has 0 aromatic carbocycles. The maximum atomic E-state index is 12.0. The monoisotopic (exact) mass is 321 g/mol. The van der Waals surface area contributed by atoms with Crippen molar-refractivity contribution in [3.63, 3.8) is 0 Å². The van der Waals surface area contributed by atoms with Crippen LogP contribution in [0.5, 0.6) is 0 Å². The molecule has 1 fully saturated rings. The number of nitrogens with one attached hydrogen (secondary N) is 1. The molecule has 1 saturated heterocycles. The third-order valence-electron chi connectivity index (χ3n) is 3.59. The standard InChI is InChI=1S/C14H19N5O2S/c1-11-6-14(21-17-11)16-13(20)8-19-4-2-18(3-5-19)7-12-9-22-10-15-12/h6,9-10H,2-5,7-8H2,1H3,(H,16,20). The zero-order valence-corrected chi connectivity index (χ0v) is 13.3. The van der Waals surface area contributed by atoms with E-state index < -0.39 is 0 Å². The Morgan fingerprint density at radius 3 is 2.77 bits per heavy atom. The third-order valence-corrected chi connectivity index (χ3v) is 4.23. The Labute approximate surface area is 132 Å². The van der Waals surface area contributed by atoms with Crippen molar-refractivity contribution in [2.24, 2.45) is 0 Å².